The van der Waals surface area contributed by atoms with Gasteiger partial charge in [-0.15, -0.1) is 11.8 Å². The molecular weight excluding hydrogens is 416 g/mol. The molecule has 0 spiro atoms. The summed E-state index contributed by atoms with van der Waals surface area (Å²) in [6.07, 6.45) is 19.9. The quantitative estimate of drug-likeness (QED) is 0.133. The zero-order chi connectivity index (χ0) is 23.2. The zero-order valence-electron chi connectivity index (χ0n) is 19.4. The minimum Gasteiger partial charge on any atom is -0.481 e. The topological polar surface area (TPSA) is 101 Å². The first-order valence-corrected chi connectivity index (χ1v) is 13.2. The van der Waals surface area contributed by atoms with Crippen molar-refractivity contribution in [1.82, 2.24) is 0 Å². The lowest BCUT2D eigenvalue weighted by Crippen LogP contribution is -2.25. The van der Waals surface area contributed by atoms with Crippen molar-refractivity contribution in [2.75, 3.05) is 12.4 Å². The maximum atomic E-state index is 12.0. The summed E-state index contributed by atoms with van der Waals surface area (Å²) < 4.78 is 5.14. The molecule has 0 fully saturated rings. The number of hydrogen-bond donors (Lipinski definition) is 2. The predicted octanol–water partition coefficient (Wildman–Crippen LogP) is 6.45. The van der Waals surface area contributed by atoms with E-state index in [9.17, 15) is 14.4 Å². The van der Waals surface area contributed by atoms with Crippen molar-refractivity contribution in [2.24, 2.45) is 0 Å². The van der Waals surface area contributed by atoms with Crippen LogP contribution < -0.4 is 0 Å². The normalized spacial score (nSPS) is 11.9. The Labute approximate surface area is 192 Å². The van der Waals surface area contributed by atoms with Crippen LogP contribution in [0.4, 0.5) is 0 Å². The van der Waals surface area contributed by atoms with Gasteiger partial charge in [0, 0.05) is 0 Å². The van der Waals surface area contributed by atoms with Crippen molar-refractivity contribution in [3.8, 4) is 0 Å². The fourth-order valence-electron chi connectivity index (χ4n) is 3.46. The van der Waals surface area contributed by atoms with E-state index in [4.69, 9.17) is 14.9 Å². The number of thioether (sulfide) groups is 1. The van der Waals surface area contributed by atoms with Gasteiger partial charge in [-0.05, 0) is 6.42 Å². The fourth-order valence-corrected chi connectivity index (χ4v) is 4.26. The number of unbranched alkanes of at least 4 members (excludes halogenated alkanes) is 15. The monoisotopic (exact) mass is 460 g/mol. The van der Waals surface area contributed by atoms with E-state index in [1.807, 2.05) is 0 Å². The third-order valence-electron chi connectivity index (χ3n) is 5.27. The molecule has 0 heterocycles. The molecule has 0 aliphatic carbocycles. The van der Waals surface area contributed by atoms with E-state index >= 15 is 0 Å². The first-order valence-electron chi connectivity index (χ1n) is 12.2. The average molecular weight is 461 g/mol. The molecule has 0 aromatic heterocycles. The standard InChI is InChI=1S/C24H44O6S/c1-2-3-4-5-6-7-8-9-10-11-12-13-14-15-16-17-18-30-24(29)21(19-22(25)26)31-20-23(27)28/h21H,2-20H2,1H3,(H,25,26)(H,27,28). The van der Waals surface area contributed by atoms with Gasteiger partial charge in [-0.3, -0.25) is 14.4 Å². The van der Waals surface area contributed by atoms with Crippen molar-refractivity contribution in [3.05, 3.63) is 0 Å². The number of aliphatic carboxylic acids is 2. The maximum absolute atomic E-state index is 12.0. The molecule has 2 N–H and O–H groups in total. The minimum absolute atomic E-state index is 0.265. The number of carbonyl (C=O) groups is 3. The summed E-state index contributed by atoms with van der Waals surface area (Å²) in [5, 5.41) is 16.6. The number of carbonyl (C=O) groups excluding carboxylic acids is 1. The average Bonchev–Trinajstić information content (AvgIpc) is 2.72. The molecule has 0 aliphatic rings. The molecule has 31 heavy (non-hydrogen) atoms. The Morgan fingerprint density at radius 3 is 1.48 bits per heavy atom. The van der Waals surface area contributed by atoms with Gasteiger partial charge in [0.2, 0.25) is 0 Å². The Balaban J connectivity index is 3.48. The second kappa shape index (κ2) is 22.0. The first kappa shape index (κ1) is 29.8. The van der Waals surface area contributed by atoms with Crippen LogP contribution in [-0.2, 0) is 19.1 Å². The molecule has 1 atom stereocenters. The van der Waals surface area contributed by atoms with Crippen LogP contribution in [0.1, 0.15) is 116 Å². The Kier molecular flexibility index (Phi) is 21.1. The fraction of sp³-hybridized carbons (Fsp3) is 0.875. The molecule has 1 unspecified atom stereocenters. The number of rotatable bonds is 23. The van der Waals surface area contributed by atoms with Crippen molar-refractivity contribution in [2.45, 2.75) is 121 Å². The van der Waals surface area contributed by atoms with Crippen molar-refractivity contribution >= 4 is 29.7 Å². The van der Waals surface area contributed by atoms with E-state index in [-0.39, 0.29) is 12.4 Å². The second-order valence-corrected chi connectivity index (χ2v) is 9.45. The summed E-state index contributed by atoms with van der Waals surface area (Å²) >= 11 is 0.800. The smallest absolute Gasteiger partial charge is 0.319 e. The summed E-state index contributed by atoms with van der Waals surface area (Å²) in [4.78, 5) is 33.4. The van der Waals surface area contributed by atoms with Crippen LogP contribution >= 0.6 is 11.8 Å². The van der Waals surface area contributed by atoms with Gasteiger partial charge in [0.05, 0.1) is 18.8 Å². The van der Waals surface area contributed by atoms with Crippen LogP contribution in [0.25, 0.3) is 0 Å². The third-order valence-corrected chi connectivity index (χ3v) is 6.45. The highest BCUT2D eigenvalue weighted by atomic mass is 32.2. The van der Waals surface area contributed by atoms with Crippen LogP contribution in [0.2, 0.25) is 0 Å². The van der Waals surface area contributed by atoms with Gasteiger partial charge in [-0.25, -0.2) is 0 Å². The maximum Gasteiger partial charge on any atom is 0.319 e. The number of hydrogen-bond acceptors (Lipinski definition) is 5. The summed E-state index contributed by atoms with van der Waals surface area (Å²) in [6, 6.07) is 0. The largest absolute Gasteiger partial charge is 0.481 e. The van der Waals surface area contributed by atoms with Crippen molar-refractivity contribution < 1.29 is 29.3 Å². The molecule has 0 aliphatic heterocycles. The van der Waals surface area contributed by atoms with Gasteiger partial charge >= 0.3 is 17.9 Å². The molecular formula is C24H44O6S. The number of carboxylic acids is 2. The van der Waals surface area contributed by atoms with E-state index in [1.165, 1.54) is 83.5 Å². The highest BCUT2D eigenvalue weighted by Crippen LogP contribution is 2.17. The summed E-state index contributed by atoms with van der Waals surface area (Å²) in [5.41, 5.74) is 0. The molecule has 0 radical (unpaired) electrons. The first-order chi connectivity index (χ1) is 15.0. The van der Waals surface area contributed by atoms with E-state index in [2.05, 4.69) is 6.92 Å². The molecule has 0 bridgehead atoms. The molecule has 182 valence electrons. The third kappa shape index (κ3) is 21.8. The Bertz CT molecular complexity index is 469. The van der Waals surface area contributed by atoms with Crippen molar-refractivity contribution in [1.29, 1.82) is 0 Å². The lowest BCUT2D eigenvalue weighted by molar-refractivity contribution is -0.147. The molecule has 0 rings (SSSR count). The zero-order valence-corrected chi connectivity index (χ0v) is 20.3. The Morgan fingerprint density at radius 1 is 0.677 bits per heavy atom. The number of esters is 1. The predicted molar refractivity (Wildman–Crippen MR) is 127 cm³/mol. The Morgan fingerprint density at radius 2 is 1.10 bits per heavy atom. The molecule has 0 amide bonds. The van der Waals surface area contributed by atoms with Crippen LogP contribution in [0.15, 0.2) is 0 Å². The van der Waals surface area contributed by atoms with E-state index in [0.717, 1.165) is 31.0 Å². The number of carboxylic acid groups (broad SMARTS) is 2. The van der Waals surface area contributed by atoms with E-state index in [1.54, 1.807) is 0 Å². The van der Waals surface area contributed by atoms with Gasteiger partial charge < -0.3 is 14.9 Å². The lowest BCUT2D eigenvalue weighted by Gasteiger charge is -2.13. The summed E-state index contributed by atoms with van der Waals surface area (Å²) in [7, 11) is 0. The van der Waals surface area contributed by atoms with E-state index in [0.29, 0.717) is 0 Å². The molecule has 6 nitrogen and oxygen atoms in total. The highest BCUT2D eigenvalue weighted by Gasteiger charge is 2.24. The van der Waals surface area contributed by atoms with Crippen LogP contribution in [0.3, 0.4) is 0 Å². The molecule has 0 saturated heterocycles. The number of ether oxygens (including phenoxy) is 1. The van der Waals surface area contributed by atoms with Crippen LogP contribution in [-0.4, -0.2) is 45.7 Å². The van der Waals surface area contributed by atoms with Gasteiger partial charge in [0.1, 0.15) is 5.25 Å². The van der Waals surface area contributed by atoms with Gasteiger partial charge in [-0.2, -0.15) is 0 Å². The minimum atomic E-state index is -1.14. The molecule has 7 heteroatoms. The Hall–Kier alpha value is -1.24. The van der Waals surface area contributed by atoms with E-state index < -0.39 is 29.6 Å². The summed E-state index contributed by atoms with van der Waals surface area (Å²) in [5.74, 6) is -3.16. The van der Waals surface area contributed by atoms with Crippen LogP contribution in [0, 0.1) is 0 Å². The van der Waals surface area contributed by atoms with Gasteiger partial charge in [-0.1, -0.05) is 103 Å². The molecule has 0 aromatic rings. The van der Waals surface area contributed by atoms with Crippen LogP contribution in [0.5, 0.6) is 0 Å². The summed E-state index contributed by atoms with van der Waals surface area (Å²) in [6.45, 7) is 2.52. The van der Waals surface area contributed by atoms with Gasteiger partial charge in [0.25, 0.3) is 0 Å². The SMILES string of the molecule is CCCCCCCCCCCCCCCCCCOC(=O)C(CC(=O)O)SCC(=O)O. The van der Waals surface area contributed by atoms with Gasteiger partial charge in [0.15, 0.2) is 0 Å². The highest BCUT2D eigenvalue weighted by molar-refractivity contribution is 8.01. The van der Waals surface area contributed by atoms with Crippen molar-refractivity contribution in [3.63, 3.8) is 0 Å². The molecule has 0 saturated carbocycles. The molecule has 0 aromatic carbocycles. The second-order valence-electron chi connectivity index (χ2n) is 8.26. The lowest BCUT2D eigenvalue weighted by atomic mass is 10.0.